The highest BCUT2D eigenvalue weighted by molar-refractivity contribution is 5.75. The summed E-state index contributed by atoms with van der Waals surface area (Å²) in [7, 11) is 0. The third-order valence-corrected chi connectivity index (χ3v) is 2.73. The van der Waals surface area contributed by atoms with Crippen LogP contribution in [-0.2, 0) is 33.6 Å². The van der Waals surface area contributed by atoms with Crippen molar-refractivity contribution in [2.24, 2.45) is 5.73 Å². The van der Waals surface area contributed by atoms with Crippen LogP contribution in [-0.4, -0.2) is 39.3 Å². The lowest BCUT2D eigenvalue weighted by atomic mass is 9.96. The van der Waals surface area contributed by atoms with Crippen LogP contribution in [0.2, 0.25) is 0 Å². The molecule has 0 saturated carbocycles. The standard InChI is InChI=1S/C13H15NO6/c14-10(13(19)20)4-7-1-2-8(5-11(15)16)9(3-7)6-12(17)18/h1-3,10H,4-6,14H2,(H,15,16)(H,17,18)(H,19,20). The fourth-order valence-electron chi connectivity index (χ4n) is 1.81. The zero-order valence-corrected chi connectivity index (χ0v) is 10.6. The Labute approximate surface area is 114 Å². The molecular weight excluding hydrogens is 266 g/mol. The van der Waals surface area contributed by atoms with Crippen LogP contribution in [0.25, 0.3) is 0 Å². The highest BCUT2D eigenvalue weighted by Gasteiger charge is 2.15. The van der Waals surface area contributed by atoms with Gasteiger partial charge in [0.2, 0.25) is 0 Å². The molecule has 0 radical (unpaired) electrons. The largest absolute Gasteiger partial charge is 0.481 e. The number of aliphatic carboxylic acids is 3. The van der Waals surface area contributed by atoms with Crippen molar-refractivity contribution in [1.29, 1.82) is 0 Å². The summed E-state index contributed by atoms with van der Waals surface area (Å²) in [5.41, 5.74) is 6.72. The van der Waals surface area contributed by atoms with Crippen LogP contribution in [0.15, 0.2) is 18.2 Å². The Hall–Kier alpha value is -2.41. The first kappa shape index (κ1) is 15.6. The molecule has 0 spiro atoms. The summed E-state index contributed by atoms with van der Waals surface area (Å²) in [6, 6.07) is 3.47. The molecule has 0 bridgehead atoms. The maximum atomic E-state index is 10.8. The van der Waals surface area contributed by atoms with E-state index in [1.807, 2.05) is 0 Å². The van der Waals surface area contributed by atoms with Crippen molar-refractivity contribution in [1.82, 2.24) is 0 Å². The van der Waals surface area contributed by atoms with Gasteiger partial charge in [-0.1, -0.05) is 18.2 Å². The Morgan fingerprint density at radius 3 is 2.05 bits per heavy atom. The van der Waals surface area contributed by atoms with Gasteiger partial charge in [0.1, 0.15) is 6.04 Å². The van der Waals surface area contributed by atoms with Crippen molar-refractivity contribution in [3.8, 4) is 0 Å². The average molecular weight is 281 g/mol. The molecule has 108 valence electrons. The first-order valence-corrected chi connectivity index (χ1v) is 5.82. The number of nitrogens with two attached hydrogens (primary N) is 1. The maximum absolute atomic E-state index is 10.8. The molecule has 5 N–H and O–H groups in total. The van der Waals surface area contributed by atoms with E-state index in [1.165, 1.54) is 12.1 Å². The van der Waals surface area contributed by atoms with Gasteiger partial charge in [0.15, 0.2) is 0 Å². The number of hydrogen-bond donors (Lipinski definition) is 4. The molecule has 1 atom stereocenters. The summed E-state index contributed by atoms with van der Waals surface area (Å²) in [5.74, 6) is -3.30. The molecule has 1 aromatic carbocycles. The van der Waals surface area contributed by atoms with E-state index in [2.05, 4.69) is 0 Å². The summed E-state index contributed by atoms with van der Waals surface area (Å²) < 4.78 is 0. The van der Waals surface area contributed by atoms with Gasteiger partial charge in [0.05, 0.1) is 12.8 Å². The molecule has 20 heavy (non-hydrogen) atoms. The van der Waals surface area contributed by atoms with Crippen LogP contribution in [0.1, 0.15) is 16.7 Å². The molecule has 0 aliphatic rings. The minimum absolute atomic E-state index is 0.0509. The van der Waals surface area contributed by atoms with Crippen molar-refractivity contribution < 1.29 is 29.7 Å². The van der Waals surface area contributed by atoms with E-state index in [1.54, 1.807) is 6.07 Å². The number of carboxylic acids is 3. The summed E-state index contributed by atoms with van der Waals surface area (Å²) in [6.07, 6.45) is -0.554. The van der Waals surface area contributed by atoms with Crippen molar-refractivity contribution in [3.63, 3.8) is 0 Å². The SMILES string of the molecule is NC(Cc1ccc(CC(=O)O)c(CC(=O)O)c1)C(=O)O. The fourth-order valence-corrected chi connectivity index (χ4v) is 1.81. The van der Waals surface area contributed by atoms with Crippen molar-refractivity contribution >= 4 is 17.9 Å². The van der Waals surface area contributed by atoms with E-state index in [-0.39, 0.29) is 19.3 Å². The smallest absolute Gasteiger partial charge is 0.320 e. The van der Waals surface area contributed by atoms with Gasteiger partial charge in [0.25, 0.3) is 0 Å². The second-order valence-electron chi connectivity index (χ2n) is 4.39. The number of hydrogen-bond acceptors (Lipinski definition) is 4. The van der Waals surface area contributed by atoms with Gasteiger partial charge in [-0.25, -0.2) is 0 Å². The molecule has 0 heterocycles. The van der Waals surface area contributed by atoms with Crippen molar-refractivity contribution in [2.45, 2.75) is 25.3 Å². The third-order valence-electron chi connectivity index (χ3n) is 2.73. The molecule has 0 aliphatic carbocycles. The van der Waals surface area contributed by atoms with Crippen LogP contribution in [0, 0.1) is 0 Å². The average Bonchev–Trinajstić information content (AvgIpc) is 2.31. The number of benzene rings is 1. The zero-order chi connectivity index (χ0) is 15.3. The van der Waals surface area contributed by atoms with Crippen LogP contribution >= 0.6 is 0 Å². The van der Waals surface area contributed by atoms with Gasteiger partial charge in [-0.05, 0) is 23.1 Å². The van der Waals surface area contributed by atoms with Crippen LogP contribution < -0.4 is 5.73 Å². The summed E-state index contributed by atoms with van der Waals surface area (Å²) in [5, 5.41) is 26.3. The maximum Gasteiger partial charge on any atom is 0.320 e. The molecular formula is C13H15NO6. The molecule has 1 unspecified atom stereocenters. The molecule has 7 heteroatoms. The van der Waals surface area contributed by atoms with Gasteiger partial charge < -0.3 is 21.1 Å². The molecule has 1 aromatic rings. The highest BCUT2D eigenvalue weighted by atomic mass is 16.4. The monoisotopic (exact) mass is 281 g/mol. The first-order chi connectivity index (χ1) is 9.29. The van der Waals surface area contributed by atoms with Gasteiger partial charge >= 0.3 is 17.9 Å². The van der Waals surface area contributed by atoms with Crippen molar-refractivity contribution in [2.75, 3.05) is 0 Å². The Kier molecular flexibility index (Phi) is 5.22. The Morgan fingerprint density at radius 1 is 1.00 bits per heavy atom. The molecule has 0 aliphatic heterocycles. The molecule has 1 rings (SSSR count). The lowest BCUT2D eigenvalue weighted by Crippen LogP contribution is -2.32. The van der Waals surface area contributed by atoms with E-state index in [0.29, 0.717) is 16.7 Å². The van der Waals surface area contributed by atoms with Crippen LogP contribution in [0.5, 0.6) is 0 Å². The number of rotatable bonds is 7. The predicted molar refractivity (Wildman–Crippen MR) is 68.4 cm³/mol. The normalized spacial score (nSPS) is 11.8. The van der Waals surface area contributed by atoms with Gasteiger partial charge in [-0.15, -0.1) is 0 Å². The lowest BCUT2D eigenvalue weighted by molar-refractivity contribution is -0.138. The lowest BCUT2D eigenvalue weighted by Gasteiger charge is -2.11. The van der Waals surface area contributed by atoms with E-state index in [4.69, 9.17) is 21.1 Å². The Morgan fingerprint density at radius 2 is 1.55 bits per heavy atom. The van der Waals surface area contributed by atoms with E-state index < -0.39 is 23.9 Å². The van der Waals surface area contributed by atoms with E-state index in [0.717, 1.165) is 0 Å². The second-order valence-corrected chi connectivity index (χ2v) is 4.39. The highest BCUT2D eigenvalue weighted by Crippen LogP contribution is 2.15. The quantitative estimate of drug-likeness (QED) is 0.547. The Bertz CT molecular complexity index is 540. The van der Waals surface area contributed by atoms with E-state index >= 15 is 0 Å². The predicted octanol–water partition coefficient (Wildman–Crippen LogP) is -0.105. The number of carboxylic acid groups (broad SMARTS) is 3. The Balaban J connectivity index is 3.03. The number of carbonyl (C=O) groups is 3. The molecule has 0 saturated heterocycles. The van der Waals surface area contributed by atoms with Crippen molar-refractivity contribution in [3.05, 3.63) is 34.9 Å². The summed E-state index contributed by atoms with van der Waals surface area (Å²) in [4.78, 5) is 32.2. The fraction of sp³-hybridized carbons (Fsp3) is 0.308. The van der Waals surface area contributed by atoms with Gasteiger partial charge in [-0.3, -0.25) is 14.4 Å². The molecule has 0 amide bonds. The van der Waals surface area contributed by atoms with E-state index in [9.17, 15) is 14.4 Å². The minimum atomic E-state index is -1.15. The molecule has 0 fully saturated rings. The summed E-state index contributed by atoms with van der Waals surface area (Å²) >= 11 is 0. The topological polar surface area (TPSA) is 138 Å². The molecule has 0 aromatic heterocycles. The minimum Gasteiger partial charge on any atom is -0.481 e. The third kappa shape index (κ3) is 4.69. The van der Waals surface area contributed by atoms with Crippen LogP contribution in [0.4, 0.5) is 0 Å². The van der Waals surface area contributed by atoms with Gasteiger partial charge in [0, 0.05) is 0 Å². The zero-order valence-electron chi connectivity index (χ0n) is 10.6. The summed E-state index contributed by atoms with van der Waals surface area (Å²) in [6.45, 7) is 0. The van der Waals surface area contributed by atoms with Crippen LogP contribution in [0.3, 0.4) is 0 Å². The second kappa shape index (κ2) is 6.67. The molecule has 7 nitrogen and oxygen atoms in total. The first-order valence-electron chi connectivity index (χ1n) is 5.82. The van der Waals surface area contributed by atoms with Gasteiger partial charge in [-0.2, -0.15) is 0 Å².